The Hall–Kier alpha value is -2.27. The number of nitrogens with zero attached hydrogens (tertiary/aromatic N) is 1. The number of rotatable bonds is 2. The van der Waals surface area contributed by atoms with E-state index >= 15 is 0 Å². The predicted molar refractivity (Wildman–Crippen MR) is 77.9 cm³/mol. The van der Waals surface area contributed by atoms with Crippen LogP contribution in [0.5, 0.6) is 5.75 Å². The molecule has 0 aliphatic carbocycles. The van der Waals surface area contributed by atoms with E-state index in [9.17, 15) is 4.79 Å². The minimum Gasteiger partial charge on any atom is -0.496 e. The highest BCUT2D eigenvalue weighted by atomic mass is 35.5. The second-order valence-corrected chi connectivity index (χ2v) is 3.71. The molecule has 6 heteroatoms. The van der Waals surface area contributed by atoms with E-state index in [1.54, 1.807) is 6.07 Å². The topological polar surface area (TPSA) is 90.7 Å². The summed E-state index contributed by atoms with van der Waals surface area (Å²) in [7, 11) is 1.50. The normalized spacial score (nSPS) is 9.53. The summed E-state index contributed by atoms with van der Waals surface area (Å²) in [6.45, 7) is 0. The van der Waals surface area contributed by atoms with Crippen LogP contribution < -0.4 is 16.2 Å². The molecule has 2 rings (SSSR count). The summed E-state index contributed by atoms with van der Waals surface area (Å²) < 4.78 is 5.18. The highest BCUT2D eigenvalue weighted by molar-refractivity contribution is 6.12. The van der Waals surface area contributed by atoms with Gasteiger partial charge in [-0.25, -0.2) is 0 Å². The van der Waals surface area contributed by atoms with Gasteiger partial charge in [-0.15, -0.1) is 12.4 Å². The van der Waals surface area contributed by atoms with Crippen molar-refractivity contribution < 1.29 is 9.53 Å². The molecule has 100 valence electrons. The van der Waals surface area contributed by atoms with Gasteiger partial charge < -0.3 is 16.2 Å². The number of carbonyl (C=O) groups excluding carboxylic acids is 1. The summed E-state index contributed by atoms with van der Waals surface area (Å²) in [5.41, 5.74) is 10.8. The first kappa shape index (κ1) is 14.8. The number of amides is 1. The van der Waals surface area contributed by atoms with Gasteiger partial charge in [0, 0.05) is 0 Å². The van der Waals surface area contributed by atoms with E-state index in [4.69, 9.17) is 16.2 Å². The lowest BCUT2D eigenvalue weighted by molar-refractivity contribution is 0.100. The van der Waals surface area contributed by atoms with Gasteiger partial charge in [0.15, 0.2) is 5.96 Å². The fourth-order valence-electron chi connectivity index (χ4n) is 1.82. The summed E-state index contributed by atoms with van der Waals surface area (Å²) >= 11 is 0. The van der Waals surface area contributed by atoms with Crippen LogP contribution in [-0.2, 0) is 0 Å². The molecule has 5 nitrogen and oxygen atoms in total. The molecule has 0 aromatic heterocycles. The average Bonchev–Trinajstić information content (AvgIpc) is 2.36. The fourth-order valence-corrected chi connectivity index (χ4v) is 1.82. The first-order valence-corrected chi connectivity index (χ1v) is 5.33. The van der Waals surface area contributed by atoms with Crippen LogP contribution in [0.15, 0.2) is 41.4 Å². The highest BCUT2D eigenvalue weighted by Crippen LogP contribution is 2.28. The summed E-state index contributed by atoms with van der Waals surface area (Å²) in [4.78, 5) is 15.6. The molecule has 0 heterocycles. The molecule has 0 spiro atoms. The van der Waals surface area contributed by atoms with E-state index < -0.39 is 5.91 Å². The Kier molecular flexibility index (Phi) is 4.72. The smallest absolute Gasteiger partial charge is 0.284 e. The minimum absolute atomic E-state index is 0. The molecule has 2 aromatic carbocycles. The third-order valence-corrected chi connectivity index (χ3v) is 2.56. The Labute approximate surface area is 116 Å². The second kappa shape index (κ2) is 6.06. The second-order valence-electron chi connectivity index (χ2n) is 3.71. The molecular weight excluding hydrogens is 266 g/mol. The van der Waals surface area contributed by atoms with Crippen LogP contribution in [0.25, 0.3) is 10.8 Å². The van der Waals surface area contributed by atoms with E-state index in [2.05, 4.69) is 4.99 Å². The Bertz CT molecular complexity index is 637. The van der Waals surface area contributed by atoms with Crippen LogP contribution >= 0.6 is 12.4 Å². The van der Waals surface area contributed by atoms with Crippen molar-refractivity contribution in [3.05, 3.63) is 42.0 Å². The van der Waals surface area contributed by atoms with Crippen LogP contribution in [-0.4, -0.2) is 19.0 Å². The number of halogens is 1. The van der Waals surface area contributed by atoms with Gasteiger partial charge in [-0.3, -0.25) is 4.79 Å². The maximum Gasteiger partial charge on any atom is 0.284 e. The summed E-state index contributed by atoms with van der Waals surface area (Å²) in [5.74, 6) is -0.331. The van der Waals surface area contributed by atoms with Gasteiger partial charge in [0.2, 0.25) is 0 Å². The quantitative estimate of drug-likeness (QED) is 0.646. The van der Waals surface area contributed by atoms with Gasteiger partial charge in [0.1, 0.15) is 5.75 Å². The molecule has 0 saturated carbocycles. The summed E-state index contributed by atoms with van der Waals surface area (Å²) in [6.07, 6.45) is 0. The van der Waals surface area contributed by atoms with E-state index in [0.29, 0.717) is 11.3 Å². The number of fused-ring (bicyclic) bond motifs is 1. The number of guanidine groups is 1. The third kappa shape index (κ3) is 2.95. The van der Waals surface area contributed by atoms with Crippen LogP contribution in [0.2, 0.25) is 0 Å². The van der Waals surface area contributed by atoms with Crippen LogP contribution in [0.1, 0.15) is 10.4 Å². The lowest BCUT2D eigenvalue weighted by atomic mass is 10.0. The molecule has 0 saturated heterocycles. The molecular formula is C13H14ClN3O2. The molecule has 1 amide bonds. The molecule has 4 N–H and O–H groups in total. The van der Waals surface area contributed by atoms with E-state index in [-0.39, 0.29) is 18.4 Å². The van der Waals surface area contributed by atoms with E-state index in [1.807, 2.05) is 30.3 Å². The molecule has 0 atom stereocenters. The minimum atomic E-state index is -0.511. The Morgan fingerprint density at radius 2 is 1.84 bits per heavy atom. The van der Waals surface area contributed by atoms with Crippen molar-refractivity contribution in [3.8, 4) is 5.75 Å². The van der Waals surface area contributed by atoms with E-state index in [1.165, 1.54) is 7.11 Å². The molecule has 2 aromatic rings. The van der Waals surface area contributed by atoms with Crippen molar-refractivity contribution in [1.29, 1.82) is 0 Å². The number of hydrogen-bond acceptors (Lipinski definition) is 2. The Morgan fingerprint density at radius 3 is 2.47 bits per heavy atom. The first-order chi connectivity index (χ1) is 8.63. The van der Waals surface area contributed by atoms with Gasteiger partial charge in [-0.1, -0.05) is 30.3 Å². The van der Waals surface area contributed by atoms with Crippen LogP contribution in [0.4, 0.5) is 0 Å². The van der Waals surface area contributed by atoms with Crippen molar-refractivity contribution >= 4 is 35.0 Å². The van der Waals surface area contributed by atoms with Crippen molar-refractivity contribution in [2.75, 3.05) is 7.11 Å². The third-order valence-electron chi connectivity index (χ3n) is 2.56. The molecule has 0 aliphatic rings. The highest BCUT2D eigenvalue weighted by Gasteiger charge is 2.15. The van der Waals surface area contributed by atoms with Gasteiger partial charge in [-0.05, 0) is 16.8 Å². The summed E-state index contributed by atoms with van der Waals surface area (Å²) in [6, 6.07) is 11.1. The Morgan fingerprint density at radius 1 is 1.16 bits per heavy atom. The van der Waals surface area contributed by atoms with Crippen molar-refractivity contribution in [1.82, 2.24) is 0 Å². The number of methoxy groups -OCH3 is 1. The van der Waals surface area contributed by atoms with Gasteiger partial charge >= 0.3 is 0 Å². The van der Waals surface area contributed by atoms with Crippen molar-refractivity contribution in [3.63, 3.8) is 0 Å². The molecule has 0 radical (unpaired) electrons. The van der Waals surface area contributed by atoms with Gasteiger partial charge in [0.25, 0.3) is 5.91 Å². The monoisotopic (exact) mass is 279 g/mol. The number of aliphatic imine (C=N–C) groups is 1. The molecule has 19 heavy (non-hydrogen) atoms. The average molecular weight is 280 g/mol. The van der Waals surface area contributed by atoms with Gasteiger partial charge in [0.05, 0.1) is 12.7 Å². The predicted octanol–water partition coefficient (Wildman–Crippen LogP) is 1.68. The largest absolute Gasteiger partial charge is 0.496 e. The van der Waals surface area contributed by atoms with Crippen LogP contribution in [0, 0.1) is 0 Å². The lowest BCUT2D eigenvalue weighted by Crippen LogP contribution is -2.24. The number of nitrogens with two attached hydrogens (primary N) is 2. The lowest BCUT2D eigenvalue weighted by Gasteiger charge is -2.09. The van der Waals surface area contributed by atoms with Crippen molar-refractivity contribution in [2.45, 2.75) is 0 Å². The molecule has 0 bridgehead atoms. The molecule has 0 fully saturated rings. The molecule has 0 aliphatic heterocycles. The fraction of sp³-hybridized carbons (Fsp3) is 0.0769. The van der Waals surface area contributed by atoms with Crippen LogP contribution in [0.3, 0.4) is 0 Å². The zero-order chi connectivity index (χ0) is 13.1. The zero-order valence-corrected chi connectivity index (χ0v) is 11.1. The van der Waals surface area contributed by atoms with Crippen molar-refractivity contribution in [2.24, 2.45) is 16.5 Å². The van der Waals surface area contributed by atoms with Gasteiger partial charge in [-0.2, -0.15) is 4.99 Å². The number of ether oxygens (including phenoxy) is 1. The number of hydrogen-bond donors (Lipinski definition) is 2. The molecule has 0 unspecified atom stereocenters. The number of carbonyl (C=O) groups is 1. The summed E-state index contributed by atoms with van der Waals surface area (Å²) in [5, 5.41) is 1.68. The Balaban J connectivity index is 0.00000180. The standard InChI is InChI=1S/C13H13N3O2.ClH/c1-18-10-7-6-8-4-2-3-5-9(8)11(10)12(17)16-13(14)15;/h2-7H,1H3,(H4,14,15,16,17);1H. The number of benzene rings is 2. The maximum atomic E-state index is 12.0. The SMILES string of the molecule is COc1ccc2ccccc2c1C(=O)N=C(N)N.Cl. The van der Waals surface area contributed by atoms with E-state index in [0.717, 1.165) is 10.8 Å². The maximum absolute atomic E-state index is 12.0. The first-order valence-electron chi connectivity index (χ1n) is 5.33. The zero-order valence-electron chi connectivity index (χ0n) is 10.3.